The average molecular weight is 482 g/mol. The number of aliphatic hydroxyl groups is 1. The predicted molar refractivity (Wildman–Crippen MR) is 135 cm³/mol. The fourth-order valence-electron chi connectivity index (χ4n) is 3.60. The molecular weight excluding hydrogens is 458 g/mol. The molecule has 4 rings (SSSR count). The van der Waals surface area contributed by atoms with Crippen molar-refractivity contribution in [3.05, 3.63) is 142 Å². The molecule has 0 heterocycles. The maximum absolute atomic E-state index is 13.1. The number of carbonyl (C=O) groups is 1. The van der Waals surface area contributed by atoms with E-state index in [4.69, 9.17) is 4.74 Å². The van der Waals surface area contributed by atoms with Crippen LogP contribution in [0.25, 0.3) is 0 Å². The van der Waals surface area contributed by atoms with Gasteiger partial charge in [-0.15, -0.1) is 0 Å². The Morgan fingerprint density at radius 3 is 2.11 bits per heavy atom. The molecule has 0 aliphatic carbocycles. The lowest BCUT2D eigenvalue weighted by molar-refractivity contribution is -0.384. The summed E-state index contributed by atoms with van der Waals surface area (Å²) < 4.78 is 5.77. The minimum Gasteiger partial charge on any atom is -0.489 e. The summed E-state index contributed by atoms with van der Waals surface area (Å²) in [5.74, 6) is -0.129. The molecule has 0 saturated carbocycles. The first-order chi connectivity index (χ1) is 17.5. The summed E-state index contributed by atoms with van der Waals surface area (Å²) in [6, 6.07) is 30.6. The summed E-state index contributed by atoms with van der Waals surface area (Å²) in [4.78, 5) is 23.4. The molecule has 36 heavy (non-hydrogen) atoms. The van der Waals surface area contributed by atoms with Gasteiger partial charge in [0.15, 0.2) is 5.60 Å². The molecule has 8 nitrogen and oxygen atoms in total. The van der Waals surface area contributed by atoms with Gasteiger partial charge in [-0.3, -0.25) is 14.9 Å². The van der Waals surface area contributed by atoms with Crippen molar-refractivity contribution in [1.29, 1.82) is 0 Å². The van der Waals surface area contributed by atoms with E-state index in [0.717, 1.165) is 5.56 Å². The molecule has 0 unspecified atom stereocenters. The molecule has 180 valence electrons. The summed E-state index contributed by atoms with van der Waals surface area (Å²) in [5.41, 5.74) is 2.84. The number of benzene rings is 4. The molecule has 0 spiro atoms. The summed E-state index contributed by atoms with van der Waals surface area (Å²) in [5, 5.41) is 26.3. The second-order valence-corrected chi connectivity index (χ2v) is 7.93. The summed E-state index contributed by atoms with van der Waals surface area (Å²) >= 11 is 0. The van der Waals surface area contributed by atoms with E-state index in [-0.39, 0.29) is 12.3 Å². The Labute approximate surface area is 207 Å². The van der Waals surface area contributed by atoms with Gasteiger partial charge in [-0.1, -0.05) is 72.8 Å². The van der Waals surface area contributed by atoms with Crippen LogP contribution in [-0.4, -0.2) is 22.2 Å². The summed E-state index contributed by atoms with van der Waals surface area (Å²) in [6.45, 7) is 0.233. The van der Waals surface area contributed by atoms with Crippen molar-refractivity contribution in [3.63, 3.8) is 0 Å². The number of hydrogen-bond donors (Lipinski definition) is 2. The Morgan fingerprint density at radius 1 is 0.917 bits per heavy atom. The Balaban J connectivity index is 1.44. The van der Waals surface area contributed by atoms with Crippen LogP contribution in [0.3, 0.4) is 0 Å². The quantitative estimate of drug-likeness (QED) is 0.207. The van der Waals surface area contributed by atoms with Gasteiger partial charge >= 0.3 is 0 Å². The highest BCUT2D eigenvalue weighted by Crippen LogP contribution is 2.29. The van der Waals surface area contributed by atoms with E-state index in [9.17, 15) is 20.0 Å². The Morgan fingerprint density at radius 2 is 1.53 bits per heavy atom. The van der Waals surface area contributed by atoms with E-state index in [2.05, 4.69) is 10.5 Å². The molecule has 0 aliphatic heterocycles. The molecule has 0 radical (unpaired) electrons. The minimum atomic E-state index is -1.92. The van der Waals surface area contributed by atoms with Gasteiger partial charge in [0.1, 0.15) is 12.4 Å². The summed E-state index contributed by atoms with van der Waals surface area (Å²) in [6.07, 6.45) is 1.45. The van der Waals surface area contributed by atoms with Crippen molar-refractivity contribution in [2.45, 2.75) is 12.2 Å². The van der Waals surface area contributed by atoms with Gasteiger partial charge in [-0.2, -0.15) is 5.10 Å². The molecular formula is C28H23N3O5. The van der Waals surface area contributed by atoms with Gasteiger partial charge in [0.05, 0.1) is 11.1 Å². The number of nitrogens with zero attached hydrogens (tertiary/aromatic N) is 2. The lowest BCUT2D eigenvalue weighted by Gasteiger charge is -2.27. The maximum atomic E-state index is 13.1. The van der Waals surface area contributed by atoms with Crippen molar-refractivity contribution in [3.8, 4) is 5.75 Å². The van der Waals surface area contributed by atoms with Crippen molar-refractivity contribution in [2.24, 2.45) is 5.10 Å². The Bertz CT molecular complexity index is 1320. The highest BCUT2D eigenvalue weighted by Gasteiger charge is 2.39. The number of nitro benzene ring substituents is 1. The predicted octanol–water partition coefficient (Wildman–Crippen LogP) is 4.56. The van der Waals surface area contributed by atoms with Crippen LogP contribution in [-0.2, 0) is 17.0 Å². The van der Waals surface area contributed by atoms with Gasteiger partial charge in [0, 0.05) is 12.1 Å². The number of hydrogen-bond acceptors (Lipinski definition) is 6. The van der Waals surface area contributed by atoms with Crippen LogP contribution in [0.1, 0.15) is 22.3 Å². The SMILES string of the molecule is O=C(N/N=C\c1cccc(OCc2ccc([N+](=O)[O-])cc2)c1)C(O)(c1ccccc1)c1ccccc1. The van der Waals surface area contributed by atoms with E-state index < -0.39 is 16.4 Å². The first-order valence-electron chi connectivity index (χ1n) is 11.1. The number of non-ortho nitro benzene ring substituents is 1. The molecule has 0 atom stereocenters. The van der Waals surface area contributed by atoms with Crippen molar-refractivity contribution in [1.82, 2.24) is 5.43 Å². The van der Waals surface area contributed by atoms with Crippen molar-refractivity contribution < 1.29 is 19.6 Å². The summed E-state index contributed by atoms with van der Waals surface area (Å²) in [7, 11) is 0. The third-order valence-electron chi connectivity index (χ3n) is 5.50. The van der Waals surface area contributed by atoms with Crippen LogP contribution in [0.2, 0.25) is 0 Å². The number of carbonyl (C=O) groups excluding carboxylic acids is 1. The van der Waals surface area contributed by atoms with Crippen molar-refractivity contribution >= 4 is 17.8 Å². The van der Waals surface area contributed by atoms with Gasteiger partial charge in [0.25, 0.3) is 11.6 Å². The monoisotopic (exact) mass is 481 g/mol. The number of hydrazone groups is 1. The van der Waals surface area contributed by atoms with E-state index in [0.29, 0.717) is 22.4 Å². The first-order valence-corrected chi connectivity index (χ1v) is 11.1. The molecule has 0 bridgehead atoms. The molecule has 4 aromatic carbocycles. The zero-order valence-corrected chi connectivity index (χ0v) is 19.2. The second kappa shape index (κ2) is 11.1. The highest BCUT2D eigenvalue weighted by molar-refractivity contribution is 5.91. The van der Waals surface area contributed by atoms with Crippen LogP contribution < -0.4 is 10.2 Å². The van der Waals surface area contributed by atoms with Gasteiger partial charge in [-0.05, 0) is 46.5 Å². The number of ether oxygens (including phenoxy) is 1. The lowest BCUT2D eigenvalue weighted by atomic mass is 9.85. The Kier molecular flexibility index (Phi) is 7.48. The van der Waals surface area contributed by atoms with Crippen molar-refractivity contribution in [2.75, 3.05) is 0 Å². The number of rotatable bonds is 9. The maximum Gasteiger partial charge on any atom is 0.281 e. The lowest BCUT2D eigenvalue weighted by Crippen LogP contribution is -2.43. The van der Waals surface area contributed by atoms with Crippen LogP contribution in [0, 0.1) is 10.1 Å². The molecule has 0 saturated heterocycles. The largest absolute Gasteiger partial charge is 0.489 e. The van der Waals surface area contributed by atoms with Crippen LogP contribution in [0.15, 0.2) is 114 Å². The molecule has 1 amide bonds. The molecule has 4 aromatic rings. The minimum absolute atomic E-state index is 0.0189. The van der Waals surface area contributed by atoms with E-state index in [1.807, 2.05) is 12.1 Å². The highest BCUT2D eigenvalue weighted by atomic mass is 16.6. The van der Waals surface area contributed by atoms with Crippen LogP contribution >= 0.6 is 0 Å². The number of amides is 1. The standard InChI is InChI=1S/C28H23N3O5/c32-27(28(33,23-9-3-1-4-10-23)24-11-5-2-6-12-24)30-29-19-22-8-7-13-26(18-22)36-20-21-14-16-25(17-15-21)31(34)35/h1-19,33H,20H2,(H,30,32)/b29-19-. The second-order valence-electron chi connectivity index (χ2n) is 7.93. The third kappa shape index (κ3) is 5.63. The fourth-order valence-corrected chi connectivity index (χ4v) is 3.60. The van der Waals surface area contributed by atoms with E-state index in [1.165, 1.54) is 18.3 Å². The number of nitro groups is 1. The number of nitrogens with one attached hydrogen (secondary N) is 1. The van der Waals surface area contributed by atoms with Crippen LogP contribution in [0.5, 0.6) is 5.75 Å². The van der Waals surface area contributed by atoms with Crippen LogP contribution in [0.4, 0.5) is 5.69 Å². The third-order valence-corrected chi connectivity index (χ3v) is 5.50. The topological polar surface area (TPSA) is 114 Å². The molecule has 2 N–H and O–H groups in total. The smallest absolute Gasteiger partial charge is 0.281 e. The van der Waals surface area contributed by atoms with Gasteiger partial charge in [0.2, 0.25) is 0 Å². The van der Waals surface area contributed by atoms with E-state index in [1.54, 1.807) is 84.9 Å². The average Bonchev–Trinajstić information content (AvgIpc) is 2.93. The zero-order valence-electron chi connectivity index (χ0n) is 19.2. The van der Waals surface area contributed by atoms with Gasteiger partial charge < -0.3 is 9.84 Å². The zero-order chi connectivity index (χ0) is 25.4. The molecule has 0 aliphatic rings. The normalized spacial score (nSPS) is 11.2. The molecule has 0 aromatic heterocycles. The first kappa shape index (κ1) is 24.3. The Hall–Kier alpha value is -4.82. The van der Waals surface area contributed by atoms with E-state index >= 15 is 0 Å². The molecule has 0 fully saturated rings. The fraction of sp³-hybridized carbons (Fsp3) is 0.0714. The molecule has 8 heteroatoms. The van der Waals surface area contributed by atoms with Gasteiger partial charge in [-0.25, -0.2) is 5.43 Å².